The van der Waals surface area contributed by atoms with E-state index in [0.29, 0.717) is 32.5 Å². The summed E-state index contributed by atoms with van der Waals surface area (Å²) in [5.41, 5.74) is -0.229. The number of halogens is 1. The van der Waals surface area contributed by atoms with Crippen molar-refractivity contribution in [1.82, 2.24) is 14.9 Å². The number of aromatic nitrogens is 2. The van der Waals surface area contributed by atoms with Gasteiger partial charge in [0.25, 0.3) is 5.56 Å². The van der Waals surface area contributed by atoms with Gasteiger partial charge < -0.3 is 10.1 Å². The molecule has 0 bridgehead atoms. The van der Waals surface area contributed by atoms with Crippen LogP contribution in [-0.4, -0.2) is 33.9 Å². The minimum Gasteiger partial charge on any atom is -0.495 e. The lowest BCUT2D eigenvalue weighted by Gasteiger charge is -2.27. The summed E-state index contributed by atoms with van der Waals surface area (Å²) in [6, 6.07) is 14.2. The van der Waals surface area contributed by atoms with Gasteiger partial charge in [0.2, 0.25) is 5.91 Å². The molecule has 1 heterocycles. The third-order valence-corrected chi connectivity index (χ3v) is 6.49. The molecule has 0 fully saturated rings. The standard InChI is InChI=1S/C23H23ClN4O3S/c1-14(2)23(3,13-25)27-20(29)12-32-22-26-18-8-6-5-7-16(18)21(30)28(22)15-9-10-19(31-4)17(24)11-15/h5-11,14H,12H2,1-4H3,(H,27,29)/t23-/m1/s1. The Balaban J connectivity index is 2.02. The molecule has 7 nitrogen and oxygen atoms in total. The fraction of sp³-hybridized carbons (Fsp3) is 0.304. The van der Waals surface area contributed by atoms with Crippen molar-refractivity contribution >= 4 is 40.2 Å². The van der Waals surface area contributed by atoms with Gasteiger partial charge in [-0.05, 0) is 43.2 Å². The molecule has 0 radical (unpaired) electrons. The second-order valence-corrected chi connectivity index (χ2v) is 9.03. The van der Waals surface area contributed by atoms with Crippen LogP contribution in [0.15, 0.2) is 52.4 Å². The first kappa shape index (κ1) is 23.6. The van der Waals surface area contributed by atoms with Crippen LogP contribution in [0.5, 0.6) is 5.75 Å². The second kappa shape index (κ2) is 9.63. The molecule has 0 saturated carbocycles. The number of fused-ring (bicyclic) bond motifs is 1. The number of thioether (sulfide) groups is 1. The van der Waals surface area contributed by atoms with Crippen molar-refractivity contribution in [2.24, 2.45) is 5.92 Å². The lowest BCUT2D eigenvalue weighted by molar-refractivity contribution is -0.120. The number of nitrogens with one attached hydrogen (secondary N) is 1. The molecule has 0 aliphatic rings. The lowest BCUT2D eigenvalue weighted by atomic mass is 9.90. The number of benzene rings is 2. The van der Waals surface area contributed by atoms with Crippen LogP contribution in [0.25, 0.3) is 16.6 Å². The highest BCUT2D eigenvalue weighted by Crippen LogP contribution is 2.28. The summed E-state index contributed by atoms with van der Waals surface area (Å²) in [7, 11) is 1.51. The summed E-state index contributed by atoms with van der Waals surface area (Å²) in [6.45, 7) is 5.42. The zero-order valence-corrected chi connectivity index (χ0v) is 19.8. The maximum absolute atomic E-state index is 13.3. The van der Waals surface area contributed by atoms with Crippen molar-refractivity contribution in [3.8, 4) is 17.5 Å². The van der Waals surface area contributed by atoms with Crippen LogP contribution in [0, 0.1) is 17.2 Å². The van der Waals surface area contributed by atoms with Crippen molar-refractivity contribution in [3.05, 3.63) is 57.8 Å². The number of nitrogens with zero attached hydrogens (tertiary/aromatic N) is 3. The van der Waals surface area contributed by atoms with Gasteiger partial charge >= 0.3 is 0 Å². The summed E-state index contributed by atoms with van der Waals surface area (Å²) < 4.78 is 6.63. The Kier molecular flexibility index (Phi) is 7.12. The normalized spacial score (nSPS) is 12.9. The molecule has 1 aromatic heterocycles. The van der Waals surface area contributed by atoms with E-state index in [1.807, 2.05) is 13.8 Å². The maximum Gasteiger partial charge on any atom is 0.266 e. The molecule has 1 N–H and O–H groups in total. The highest BCUT2D eigenvalue weighted by Gasteiger charge is 2.30. The van der Waals surface area contributed by atoms with Gasteiger partial charge in [0.05, 0.1) is 40.5 Å². The Morgan fingerprint density at radius 2 is 2.06 bits per heavy atom. The number of hydrogen-bond donors (Lipinski definition) is 1. The number of carbonyl (C=O) groups is 1. The Labute approximate surface area is 195 Å². The molecular weight excluding hydrogens is 448 g/mol. The van der Waals surface area contributed by atoms with Crippen molar-refractivity contribution in [1.29, 1.82) is 5.26 Å². The van der Waals surface area contributed by atoms with E-state index >= 15 is 0 Å². The average molecular weight is 471 g/mol. The van der Waals surface area contributed by atoms with E-state index in [-0.39, 0.29) is 23.1 Å². The van der Waals surface area contributed by atoms with Crippen molar-refractivity contribution < 1.29 is 9.53 Å². The predicted octanol–water partition coefficient (Wildman–Crippen LogP) is 4.19. The van der Waals surface area contributed by atoms with Crippen LogP contribution < -0.4 is 15.6 Å². The molecule has 166 valence electrons. The molecular formula is C23H23ClN4O3S. The fourth-order valence-corrected chi connectivity index (χ4v) is 4.05. The summed E-state index contributed by atoms with van der Waals surface area (Å²) in [6.07, 6.45) is 0. The topological polar surface area (TPSA) is 97.0 Å². The molecule has 0 spiro atoms. The Bertz CT molecular complexity index is 1270. The van der Waals surface area contributed by atoms with Gasteiger partial charge in [-0.1, -0.05) is 49.3 Å². The Morgan fingerprint density at radius 3 is 2.69 bits per heavy atom. The number of hydrogen-bond acceptors (Lipinski definition) is 6. The molecule has 0 aliphatic heterocycles. The molecule has 1 atom stereocenters. The van der Waals surface area contributed by atoms with E-state index in [0.717, 1.165) is 11.8 Å². The molecule has 0 unspecified atom stereocenters. The highest BCUT2D eigenvalue weighted by molar-refractivity contribution is 7.99. The maximum atomic E-state index is 13.3. The fourth-order valence-electron chi connectivity index (χ4n) is 2.99. The van der Waals surface area contributed by atoms with Crippen molar-refractivity contribution in [3.63, 3.8) is 0 Å². The second-order valence-electron chi connectivity index (χ2n) is 7.68. The van der Waals surface area contributed by atoms with Crippen LogP contribution in [0.3, 0.4) is 0 Å². The van der Waals surface area contributed by atoms with Gasteiger partial charge in [-0.15, -0.1) is 0 Å². The Hall–Kier alpha value is -3.02. The molecule has 9 heteroatoms. The lowest BCUT2D eigenvalue weighted by Crippen LogP contribution is -2.49. The summed E-state index contributed by atoms with van der Waals surface area (Å²) in [4.78, 5) is 30.5. The van der Waals surface area contributed by atoms with E-state index in [1.165, 1.54) is 11.7 Å². The van der Waals surface area contributed by atoms with Gasteiger partial charge in [-0.25, -0.2) is 4.98 Å². The SMILES string of the molecule is COc1ccc(-n2c(SCC(=O)N[C@](C)(C#N)C(C)C)nc3ccccc3c2=O)cc1Cl. The summed E-state index contributed by atoms with van der Waals surface area (Å²) in [5.74, 6) is 0.0724. The van der Waals surface area contributed by atoms with Crippen LogP contribution >= 0.6 is 23.4 Å². The average Bonchev–Trinajstić information content (AvgIpc) is 2.77. The molecule has 3 rings (SSSR count). The van der Waals surface area contributed by atoms with Gasteiger partial charge in [-0.2, -0.15) is 5.26 Å². The van der Waals surface area contributed by atoms with E-state index < -0.39 is 5.54 Å². The summed E-state index contributed by atoms with van der Waals surface area (Å²) >= 11 is 7.40. The quantitative estimate of drug-likeness (QED) is 0.410. The van der Waals surface area contributed by atoms with Crippen molar-refractivity contribution in [2.45, 2.75) is 31.5 Å². The van der Waals surface area contributed by atoms with E-state index in [4.69, 9.17) is 16.3 Å². The number of rotatable bonds is 7. The highest BCUT2D eigenvalue weighted by atomic mass is 35.5. The third-order valence-electron chi connectivity index (χ3n) is 5.26. The van der Waals surface area contributed by atoms with Crippen LogP contribution in [0.1, 0.15) is 20.8 Å². The zero-order chi connectivity index (χ0) is 23.5. The largest absolute Gasteiger partial charge is 0.495 e. The van der Waals surface area contributed by atoms with E-state index in [1.54, 1.807) is 49.4 Å². The summed E-state index contributed by atoms with van der Waals surface area (Å²) in [5, 5.41) is 13.4. The minimum absolute atomic E-state index is 0.0152. The van der Waals surface area contributed by atoms with Gasteiger partial charge in [0, 0.05) is 0 Å². The number of amides is 1. The van der Waals surface area contributed by atoms with Gasteiger partial charge in [0.15, 0.2) is 5.16 Å². The number of para-hydroxylation sites is 1. The van der Waals surface area contributed by atoms with Crippen molar-refractivity contribution in [2.75, 3.05) is 12.9 Å². The monoisotopic (exact) mass is 470 g/mol. The van der Waals surface area contributed by atoms with Crippen LogP contribution in [0.4, 0.5) is 0 Å². The van der Waals surface area contributed by atoms with Crippen LogP contribution in [-0.2, 0) is 4.79 Å². The molecule has 32 heavy (non-hydrogen) atoms. The molecule has 0 saturated heterocycles. The number of carbonyl (C=O) groups excluding carboxylic acids is 1. The minimum atomic E-state index is -0.988. The van der Waals surface area contributed by atoms with Gasteiger partial charge in [-0.3, -0.25) is 14.2 Å². The predicted molar refractivity (Wildman–Crippen MR) is 127 cm³/mol. The Morgan fingerprint density at radius 1 is 1.34 bits per heavy atom. The molecule has 1 amide bonds. The third kappa shape index (κ3) is 4.74. The van der Waals surface area contributed by atoms with E-state index in [9.17, 15) is 14.9 Å². The molecule has 3 aromatic rings. The first-order valence-corrected chi connectivity index (χ1v) is 11.3. The van der Waals surface area contributed by atoms with Crippen LogP contribution in [0.2, 0.25) is 5.02 Å². The first-order valence-electron chi connectivity index (χ1n) is 9.91. The molecule has 2 aromatic carbocycles. The zero-order valence-electron chi connectivity index (χ0n) is 18.2. The van der Waals surface area contributed by atoms with Gasteiger partial charge in [0.1, 0.15) is 11.3 Å². The smallest absolute Gasteiger partial charge is 0.266 e. The first-order chi connectivity index (χ1) is 15.2. The molecule has 0 aliphatic carbocycles. The number of nitriles is 1. The number of ether oxygens (including phenoxy) is 1. The van der Waals surface area contributed by atoms with E-state index in [2.05, 4.69) is 16.4 Å². The number of methoxy groups -OCH3 is 1.